The molecule has 21 nitrogen and oxygen atoms in total. The van der Waals surface area contributed by atoms with Crippen molar-refractivity contribution in [2.75, 3.05) is 26.4 Å². The Balaban J connectivity index is 0.00000136. The van der Waals surface area contributed by atoms with Gasteiger partial charge in [0, 0.05) is 25.1 Å². The Bertz CT molecular complexity index is 2460. The second kappa shape index (κ2) is 36.1. The minimum atomic E-state index is -1.13. The molecular formula is C59H108N8O13V2. The van der Waals surface area contributed by atoms with E-state index in [1.54, 1.807) is 31.1 Å². The second-order valence-corrected chi connectivity index (χ2v) is 25.5. The first-order valence-electron chi connectivity index (χ1n) is 29.3. The number of aliphatic hydroxyl groups excluding tert-OH is 1. The molecule has 8 N–H and O–H groups in total. The van der Waals surface area contributed by atoms with Gasteiger partial charge in [0.2, 0.25) is 0 Å². The van der Waals surface area contributed by atoms with Gasteiger partial charge in [-0.05, 0) is 73.0 Å². The summed E-state index contributed by atoms with van der Waals surface area (Å²) in [6, 6.07) is -0.0143. The SMILES string of the molecule is CC(C)C(C)C(C)C(C)(N)C(C)C(C)C(C)C.Cc1cn(C2CC(OCC(=O)NC(C(C)C(C)C(C)C(C)C)C(C)C(C)C(C)C(C)C)C(CO[N]=[V])O2)c(=O)[nH]c1=O.Cc1cn(C2CC(OCC(=O)O)C(CO)O2)c(=O)[nH]c1=O.[3HH].[NH]=[V]. The number of carbonyl (C=O) groups is 2. The van der Waals surface area contributed by atoms with Crippen LogP contribution < -0.4 is 33.5 Å². The molecule has 23 heteroatoms. The third-order valence-electron chi connectivity index (χ3n) is 19.1. The molecule has 16 atom stereocenters. The van der Waals surface area contributed by atoms with Crippen molar-refractivity contribution >= 4 is 11.9 Å². The summed E-state index contributed by atoms with van der Waals surface area (Å²) in [7, 11) is 0. The molecule has 0 aliphatic carbocycles. The van der Waals surface area contributed by atoms with Gasteiger partial charge in [0.25, 0.3) is 5.56 Å². The van der Waals surface area contributed by atoms with Gasteiger partial charge in [-0.3, -0.25) is 14.3 Å². The topological polar surface area (TPSA) is 305 Å². The molecule has 1 amide bonds. The zero-order valence-electron chi connectivity index (χ0n) is 53.2. The summed E-state index contributed by atoms with van der Waals surface area (Å²) < 4.78 is 34.7. The first-order valence-corrected chi connectivity index (χ1v) is 30.7. The fourth-order valence-electron chi connectivity index (χ4n) is 11.0. The molecule has 2 aliphatic heterocycles. The molecule has 4 heterocycles. The average Bonchev–Trinajstić information content (AvgIpc) is 4.21. The van der Waals surface area contributed by atoms with Crippen molar-refractivity contribution in [1.29, 1.82) is 4.21 Å². The standard InChI is InChI=1S/C31H54N4O6.C16H35N.C12H16N2O7.HN.2V.H2/c1-16(2)19(6)21(8)23(10)29(24(11)22(9)20(7)17(3)4)33-27(36)15-39-25-12-28(41-26(25)14-40-32)35-13-18(5)30(37)34-31(35)38;1-10(2)12(5)14(7)16(9,17)15(8)13(6)11(3)4;1-6-3-14(12(19)13-11(6)18)9-2-7(8(4-15)21-9)20-5-10(16)17;;;;/h13,16-17,19-26,28-29H,12,14-15H2,1-11H3,(H,33,36)(H,34,37,38);10-15H,17H2,1-9H3;3,7-9,15H,2,4-5H2,1H3,(H,16,17)(H,13,18,19);1H;;;1H/i;;;;;;1+2. The number of carboxylic acid groups (broad SMARTS) is 1. The van der Waals surface area contributed by atoms with Crippen LogP contribution in [0.4, 0.5) is 0 Å². The fraction of sp³-hybridized carbons (Fsp3) is 0.831. The summed E-state index contributed by atoms with van der Waals surface area (Å²) in [4.78, 5) is 81.1. The van der Waals surface area contributed by atoms with E-state index >= 15 is 0 Å². The van der Waals surface area contributed by atoms with Crippen molar-refractivity contribution in [2.24, 2.45) is 92.5 Å². The van der Waals surface area contributed by atoms with Crippen LogP contribution in [-0.4, -0.2) is 104 Å². The van der Waals surface area contributed by atoms with E-state index in [2.05, 4.69) is 151 Å². The Kier molecular flexibility index (Phi) is 33.8. The molecule has 2 fully saturated rings. The predicted octanol–water partition coefficient (Wildman–Crippen LogP) is 8.49. The summed E-state index contributed by atoms with van der Waals surface area (Å²) in [6.07, 6.45) is -0.494. The molecule has 2 aromatic heterocycles. The number of hydrogen-bond acceptors (Lipinski definition) is 15. The number of nitrogens with two attached hydrogens (primary N) is 1. The van der Waals surface area contributed by atoms with E-state index in [9.17, 15) is 33.9 Å². The molecule has 0 spiro atoms. The van der Waals surface area contributed by atoms with Gasteiger partial charge in [0.15, 0.2) is 0 Å². The zero-order chi connectivity index (χ0) is 63.4. The Hall–Kier alpha value is -3.21. The normalized spacial score (nSPS) is 23.7. The van der Waals surface area contributed by atoms with E-state index in [1.165, 1.54) is 21.5 Å². The number of carbonyl (C=O) groups excluding carboxylic acids is 1. The second-order valence-electron chi connectivity index (χ2n) is 25.2. The molecule has 2 aromatic rings. The number of aromatic amines is 2. The number of ether oxygens (including phenoxy) is 4. The molecule has 4 rings (SSSR count). The zero-order valence-corrected chi connectivity index (χ0v) is 56.0. The third-order valence-corrected chi connectivity index (χ3v) is 19.3. The van der Waals surface area contributed by atoms with E-state index < -0.39 is 71.9 Å². The number of carboxylic acids is 1. The first-order chi connectivity index (χ1) is 38.0. The third kappa shape index (κ3) is 22.3. The van der Waals surface area contributed by atoms with Gasteiger partial charge < -0.3 is 25.4 Å². The minimum absolute atomic E-state index is 0. The fourth-order valence-corrected chi connectivity index (χ4v) is 11.1. The summed E-state index contributed by atoms with van der Waals surface area (Å²) in [5, 5.41) is 21.2. The Morgan fingerprint density at radius 3 is 1.40 bits per heavy atom. The van der Waals surface area contributed by atoms with Gasteiger partial charge in [0.1, 0.15) is 18.9 Å². The summed E-state index contributed by atoms with van der Waals surface area (Å²) in [6.45, 7) is 45.8. The van der Waals surface area contributed by atoms with Crippen molar-refractivity contribution in [2.45, 2.75) is 207 Å². The molecule has 0 saturated carbocycles. The van der Waals surface area contributed by atoms with E-state index in [0.717, 1.165) is 0 Å². The number of hydrogen-bond donors (Lipinski definition) is 7. The van der Waals surface area contributed by atoms with Crippen LogP contribution in [0.25, 0.3) is 0 Å². The van der Waals surface area contributed by atoms with Crippen LogP contribution in [0.15, 0.2) is 35.5 Å². The van der Waals surface area contributed by atoms with Gasteiger partial charge >= 0.3 is 215 Å². The summed E-state index contributed by atoms with van der Waals surface area (Å²) in [5.41, 5.74) is 5.23. The number of aliphatic carboxylic acids is 1. The molecule has 0 aromatic carbocycles. The maximum absolute atomic E-state index is 13.5. The van der Waals surface area contributed by atoms with Crippen molar-refractivity contribution in [3.8, 4) is 0 Å². The number of rotatable bonds is 27. The maximum atomic E-state index is 13.5. The molecule has 16 unspecified atom stereocenters. The van der Waals surface area contributed by atoms with Crippen molar-refractivity contribution < 1.29 is 79.5 Å². The number of H-pyrrole nitrogens is 2. The van der Waals surface area contributed by atoms with Crippen LogP contribution in [0.1, 0.15) is 169 Å². The van der Waals surface area contributed by atoms with Crippen molar-refractivity contribution in [3.05, 3.63) is 65.2 Å². The van der Waals surface area contributed by atoms with Crippen LogP contribution in [0.2, 0.25) is 0 Å². The number of nitrogens with one attached hydrogen (secondary N) is 4. The van der Waals surface area contributed by atoms with E-state index in [-0.39, 0.29) is 57.0 Å². The Morgan fingerprint density at radius 2 is 1.05 bits per heavy atom. The summed E-state index contributed by atoms with van der Waals surface area (Å²) >= 11 is 3.54. The number of aliphatic hydroxyl groups is 1. The van der Waals surface area contributed by atoms with E-state index in [0.29, 0.717) is 88.6 Å². The number of nitrogens with zero attached hydrogens (tertiary/aromatic N) is 3. The molecule has 82 heavy (non-hydrogen) atoms. The van der Waals surface area contributed by atoms with Crippen LogP contribution in [0, 0.1) is 101 Å². The number of amides is 1. The number of aryl methyl sites for hydroxylation is 2. The van der Waals surface area contributed by atoms with Gasteiger partial charge in [-0.1, -0.05) is 111 Å². The molecule has 0 radical (unpaired) electrons. The molecule has 2 aliphatic rings. The van der Waals surface area contributed by atoms with Crippen LogP contribution >= 0.6 is 0 Å². The Labute approximate surface area is 508 Å². The molecular weight excluding hydrogens is 1130 g/mol. The van der Waals surface area contributed by atoms with Gasteiger partial charge in [-0.2, -0.15) is 0 Å². The summed E-state index contributed by atoms with van der Waals surface area (Å²) in [5.74, 6) is 6.04. The number of aromatic nitrogens is 4. The van der Waals surface area contributed by atoms with Gasteiger partial charge in [-0.25, -0.2) is 9.59 Å². The first kappa shape index (κ1) is 76.8. The van der Waals surface area contributed by atoms with Crippen LogP contribution in [-0.2, 0) is 67.8 Å². The van der Waals surface area contributed by atoms with Gasteiger partial charge in [-0.15, -0.1) is 0 Å². The molecule has 2 saturated heterocycles. The predicted molar refractivity (Wildman–Crippen MR) is 312 cm³/mol. The molecule has 0 bridgehead atoms. The van der Waals surface area contributed by atoms with Crippen molar-refractivity contribution in [1.82, 2.24) is 24.4 Å². The van der Waals surface area contributed by atoms with E-state index in [4.69, 9.17) is 38.8 Å². The average molecular weight is 1240 g/mol. The van der Waals surface area contributed by atoms with Crippen molar-refractivity contribution in [3.63, 3.8) is 0 Å². The van der Waals surface area contributed by atoms with Crippen LogP contribution in [0.3, 0.4) is 0 Å². The van der Waals surface area contributed by atoms with Crippen LogP contribution in [0.5, 0.6) is 0 Å². The van der Waals surface area contributed by atoms with E-state index in [1.807, 2.05) is 17.2 Å². The monoisotopic (exact) mass is 1240 g/mol. The quantitative estimate of drug-likeness (QED) is 0.0413. The van der Waals surface area contributed by atoms with Gasteiger partial charge in [0.05, 0.1) is 12.7 Å². The Morgan fingerprint density at radius 1 is 0.683 bits per heavy atom. The molecule has 472 valence electrons.